The molecule has 3 amide bonds. The summed E-state index contributed by atoms with van der Waals surface area (Å²) in [7, 11) is 3.36. The van der Waals surface area contributed by atoms with E-state index in [0.717, 1.165) is 12.8 Å². The summed E-state index contributed by atoms with van der Waals surface area (Å²) in [5, 5.41) is 12.4. The number of urea groups is 1. The monoisotopic (exact) mass is 453 g/mol. The molecular weight excluding hydrogens is 417 g/mol. The molecule has 1 aliphatic rings. The van der Waals surface area contributed by atoms with Gasteiger partial charge in [-0.2, -0.15) is 0 Å². The first-order valence-corrected chi connectivity index (χ1v) is 11.1. The highest BCUT2D eigenvalue weighted by atomic mass is 19.1. The van der Waals surface area contributed by atoms with Crippen molar-refractivity contribution in [1.29, 1.82) is 0 Å². The Kier molecular flexibility index (Phi) is 10.3. The van der Waals surface area contributed by atoms with Gasteiger partial charge in [-0.3, -0.25) is 4.79 Å². The molecule has 9 heteroatoms. The van der Waals surface area contributed by atoms with Crippen LogP contribution in [0.3, 0.4) is 0 Å². The van der Waals surface area contributed by atoms with Crippen LogP contribution in [0.2, 0.25) is 0 Å². The van der Waals surface area contributed by atoms with Crippen molar-refractivity contribution in [2.24, 2.45) is 11.8 Å². The molecular formula is C23H36FN3O5. The Morgan fingerprint density at radius 1 is 1.22 bits per heavy atom. The number of methoxy groups -OCH3 is 1. The zero-order valence-electron chi connectivity index (χ0n) is 19.4. The van der Waals surface area contributed by atoms with E-state index in [9.17, 15) is 19.1 Å². The first kappa shape index (κ1) is 26.0. The van der Waals surface area contributed by atoms with Crippen LogP contribution in [0.25, 0.3) is 0 Å². The molecule has 180 valence electrons. The lowest BCUT2D eigenvalue weighted by molar-refractivity contribution is -0.139. The van der Waals surface area contributed by atoms with E-state index >= 15 is 0 Å². The predicted octanol–water partition coefficient (Wildman–Crippen LogP) is 2.58. The van der Waals surface area contributed by atoms with Gasteiger partial charge in [0.15, 0.2) is 0 Å². The lowest BCUT2D eigenvalue weighted by atomic mass is 9.97. The van der Waals surface area contributed by atoms with Crippen LogP contribution in [0, 0.1) is 17.7 Å². The van der Waals surface area contributed by atoms with Gasteiger partial charge in [-0.25, -0.2) is 9.18 Å². The average Bonchev–Trinajstić information content (AvgIpc) is 2.81. The van der Waals surface area contributed by atoms with Crippen molar-refractivity contribution in [3.05, 3.63) is 30.1 Å². The minimum Gasteiger partial charge on any atom is -0.394 e. The van der Waals surface area contributed by atoms with Crippen LogP contribution < -0.4 is 5.32 Å². The topological polar surface area (TPSA) is 91.3 Å². The second-order valence-corrected chi connectivity index (χ2v) is 8.48. The van der Waals surface area contributed by atoms with Gasteiger partial charge in [0.1, 0.15) is 5.82 Å². The Morgan fingerprint density at radius 2 is 1.84 bits per heavy atom. The number of hydrogen-bond donors (Lipinski definition) is 2. The fourth-order valence-corrected chi connectivity index (χ4v) is 3.82. The molecule has 0 saturated carbocycles. The van der Waals surface area contributed by atoms with Crippen LogP contribution in [-0.2, 0) is 14.3 Å². The number of aliphatic hydroxyl groups is 1. The second-order valence-electron chi connectivity index (χ2n) is 8.48. The van der Waals surface area contributed by atoms with Gasteiger partial charge >= 0.3 is 6.03 Å². The maximum absolute atomic E-state index is 13.1. The van der Waals surface area contributed by atoms with Gasteiger partial charge < -0.3 is 29.7 Å². The van der Waals surface area contributed by atoms with E-state index in [1.54, 1.807) is 26.0 Å². The lowest BCUT2D eigenvalue weighted by Gasteiger charge is -2.35. The smallest absolute Gasteiger partial charge is 0.322 e. The summed E-state index contributed by atoms with van der Waals surface area (Å²) in [6.07, 6.45) is 1.15. The molecule has 0 aromatic heterocycles. The second kappa shape index (κ2) is 12.7. The zero-order chi connectivity index (χ0) is 23.7. The number of aliphatic hydroxyl groups excluding tert-OH is 1. The number of likely N-dealkylation sites (N-methyl/N-ethyl adjacent to an activating group) is 1. The van der Waals surface area contributed by atoms with Crippen LogP contribution in [0.1, 0.15) is 26.7 Å². The van der Waals surface area contributed by atoms with Crippen molar-refractivity contribution in [3.63, 3.8) is 0 Å². The maximum Gasteiger partial charge on any atom is 0.322 e. The molecule has 0 spiro atoms. The fourth-order valence-electron chi connectivity index (χ4n) is 3.82. The number of carbonyl (C=O) groups is 2. The van der Waals surface area contributed by atoms with E-state index in [0.29, 0.717) is 32.0 Å². The maximum atomic E-state index is 13.1. The van der Waals surface area contributed by atoms with Crippen molar-refractivity contribution in [2.75, 3.05) is 52.4 Å². The number of rotatable bonds is 10. The average molecular weight is 454 g/mol. The summed E-state index contributed by atoms with van der Waals surface area (Å²) >= 11 is 0. The van der Waals surface area contributed by atoms with Crippen molar-refractivity contribution in [3.8, 4) is 0 Å². The number of halogens is 1. The van der Waals surface area contributed by atoms with Gasteiger partial charge in [-0.05, 0) is 44.0 Å². The number of benzene rings is 1. The van der Waals surface area contributed by atoms with E-state index in [1.807, 2.05) is 6.92 Å². The van der Waals surface area contributed by atoms with E-state index in [-0.39, 0.29) is 36.3 Å². The number of nitrogens with one attached hydrogen (secondary N) is 1. The first-order valence-electron chi connectivity index (χ1n) is 11.1. The number of nitrogens with zero attached hydrogens (tertiary/aromatic N) is 2. The van der Waals surface area contributed by atoms with Gasteiger partial charge in [0, 0.05) is 58.0 Å². The molecule has 2 N–H and O–H groups in total. The van der Waals surface area contributed by atoms with Crippen LogP contribution >= 0.6 is 0 Å². The summed E-state index contributed by atoms with van der Waals surface area (Å²) in [5.74, 6) is -0.455. The first-order chi connectivity index (χ1) is 15.3. The molecule has 32 heavy (non-hydrogen) atoms. The normalized spacial score (nSPS) is 17.3. The molecule has 0 unspecified atom stereocenters. The Hall–Kier alpha value is -2.23. The molecule has 1 heterocycles. The van der Waals surface area contributed by atoms with Crippen molar-refractivity contribution >= 4 is 17.6 Å². The highest BCUT2D eigenvalue weighted by Crippen LogP contribution is 2.19. The summed E-state index contributed by atoms with van der Waals surface area (Å²) in [6, 6.07) is 4.67. The van der Waals surface area contributed by atoms with E-state index < -0.39 is 12.1 Å². The largest absolute Gasteiger partial charge is 0.394 e. The minimum atomic E-state index is -0.433. The molecule has 1 saturated heterocycles. The number of hydrogen-bond acceptors (Lipinski definition) is 5. The number of carbonyl (C=O) groups excluding carboxylic acids is 2. The quantitative estimate of drug-likeness (QED) is 0.568. The third-order valence-electron chi connectivity index (χ3n) is 5.98. The fraction of sp³-hybridized carbons (Fsp3) is 0.652. The van der Waals surface area contributed by atoms with Gasteiger partial charge in [0.2, 0.25) is 5.91 Å². The van der Waals surface area contributed by atoms with E-state index in [1.165, 1.54) is 29.2 Å². The van der Waals surface area contributed by atoms with Crippen LogP contribution in [0.5, 0.6) is 0 Å². The van der Waals surface area contributed by atoms with Crippen molar-refractivity contribution < 1.29 is 28.6 Å². The van der Waals surface area contributed by atoms with Gasteiger partial charge in [-0.1, -0.05) is 6.92 Å². The van der Waals surface area contributed by atoms with E-state index in [4.69, 9.17) is 9.47 Å². The number of amides is 3. The number of ether oxygens (including phenoxy) is 2. The molecule has 3 atom stereocenters. The van der Waals surface area contributed by atoms with Gasteiger partial charge in [0.25, 0.3) is 0 Å². The molecule has 8 nitrogen and oxygen atoms in total. The third-order valence-corrected chi connectivity index (χ3v) is 5.98. The predicted molar refractivity (Wildman–Crippen MR) is 120 cm³/mol. The van der Waals surface area contributed by atoms with Crippen LogP contribution in [0.15, 0.2) is 24.3 Å². The summed E-state index contributed by atoms with van der Waals surface area (Å²) in [6.45, 7) is 5.41. The highest BCUT2D eigenvalue weighted by molar-refractivity contribution is 5.89. The highest BCUT2D eigenvalue weighted by Gasteiger charge is 2.30. The molecule has 1 aromatic rings. The SMILES string of the molecule is CO[C@@H](CN(C)C(=O)C1CCOCC1)[C@@H](C)CN(C(=O)Nc1ccc(F)cc1)[C@@H](C)CO. The van der Waals surface area contributed by atoms with Crippen LogP contribution in [0.4, 0.5) is 14.9 Å². The Morgan fingerprint density at radius 3 is 2.41 bits per heavy atom. The van der Waals surface area contributed by atoms with Gasteiger partial charge in [-0.15, -0.1) is 0 Å². The van der Waals surface area contributed by atoms with Crippen LogP contribution in [-0.4, -0.2) is 86.1 Å². The zero-order valence-corrected chi connectivity index (χ0v) is 19.4. The minimum absolute atomic E-state index is 0.0334. The van der Waals surface area contributed by atoms with Crippen molar-refractivity contribution in [1.82, 2.24) is 9.80 Å². The molecule has 0 aliphatic carbocycles. The summed E-state index contributed by atoms with van der Waals surface area (Å²) in [4.78, 5) is 28.9. The molecule has 0 radical (unpaired) electrons. The van der Waals surface area contributed by atoms with E-state index in [2.05, 4.69) is 5.32 Å². The molecule has 1 aliphatic heterocycles. The molecule has 1 fully saturated rings. The standard InChI is InChI=1S/C23H36FN3O5/c1-16(21(31-4)14-26(3)22(29)18-9-11-32-12-10-18)13-27(17(2)15-28)23(30)25-20-7-5-19(24)6-8-20/h5-8,16-18,21,28H,9-15H2,1-4H3,(H,25,30)/t16-,17-,21-/m0/s1. The Bertz CT molecular complexity index is 727. The Balaban J connectivity index is 2.00. The molecule has 1 aromatic carbocycles. The Labute approximate surface area is 189 Å². The summed E-state index contributed by atoms with van der Waals surface area (Å²) in [5.41, 5.74) is 0.462. The van der Waals surface area contributed by atoms with Gasteiger partial charge in [0.05, 0.1) is 18.8 Å². The third kappa shape index (κ3) is 7.43. The van der Waals surface area contributed by atoms with Crippen molar-refractivity contribution in [2.45, 2.75) is 38.8 Å². The number of anilines is 1. The molecule has 2 rings (SSSR count). The summed E-state index contributed by atoms with van der Waals surface area (Å²) < 4.78 is 24.1. The lowest BCUT2D eigenvalue weighted by Crippen LogP contribution is -2.49. The molecule has 0 bridgehead atoms.